The van der Waals surface area contributed by atoms with E-state index in [0.717, 1.165) is 5.69 Å². The van der Waals surface area contributed by atoms with Crippen LogP contribution in [-0.2, 0) is 0 Å². The molecule has 0 aliphatic heterocycles. The topological polar surface area (TPSA) is 20.3 Å². The second-order valence-corrected chi connectivity index (χ2v) is 4.71. The summed E-state index contributed by atoms with van der Waals surface area (Å²) >= 11 is 0. The third-order valence-corrected chi connectivity index (χ3v) is 3.34. The van der Waals surface area contributed by atoms with E-state index in [1.165, 1.54) is 24.3 Å². The highest BCUT2D eigenvalue weighted by Crippen LogP contribution is 2.17. The fraction of sp³-hybridized carbons (Fsp3) is 0.235. The Hall–Kier alpha value is -2.23. The normalized spacial score (nSPS) is 10.4. The molecule has 0 radical (unpaired) electrons. The van der Waals surface area contributed by atoms with Crippen LogP contribution in [0.15, 0.2) is 48.5 Å². The molecule has 0 spiro atoms. The molecule has 2 rings (SSSR count). The molecule has 0 aliphatic carbocycles. The van der Waals surface area contributed by atoms with Gasteiger partial charge in [-0.1, -0.05) is 18.2 Å². The summed E-state index contributed by atoms with van der Waals surface area (Å²) in [5.41, 5.74) is 0.826. The van der Waals surface area contributed by atoms with Crippen LogP contribution in [0, 0.1) is 11.6 Å². The quantitative estimate of drug-likeness (QED) is 0.747. The number of hydrogen-bond acceptors (Lipinski definition) is 2. The maximum Gasteiger partial charge on any atom is 0.167 e. The highest BCUT2D eigenvalue weighted by Gasteiger charge is 2.13. The van der Waals surface area contributed by atoms with Gasteiger partial charge in [0.25, 0.3) is 0 Å². The lowest BCUT2D eigenvalue weighted by atomic mass is 10.1. The molecule has 0 fully saturated rings. The molecule has 0 aliphatic rings. The minimum Gasteiger partial charge on any atom is -0.371 e. The third-order valence-electron chi connectivity index (χ3n) is 3.34. The summed E-state index contributed by atoms with van der Waals surface area (Å²) in [7, 11) is 0. The highest BCUT2D eigenvalue weighted by molar-refractivity contribution is 5.96. The fourth-order valence-electron chi connectivity index (χ4n) is 2.20. The van der Waals surface area contributed by atoms with Crippen LogP contribution in [0.2, 0.25) is 0 Å². The van der Waals surface area contributed by atoms with Crippen LogP contribution in [0.1, 0.15) is 23.7 Å². The van der Waals surface area contributed by atoms with Crippen molar-refractivity contribution in [1.82, 2.24) is 0 Å². The Kier molecular flexibility index (Phi) is 5.04. The Balaban J connectivity index is 2.04. The zero-order valence-corrected chi connectivity index (χ0v) is 11.9. The van der Waals surface area contributed by atoms with Gasteiger partial charge in [0.1, 0.15) is 11.6 Å². The van der Waals surface area contributed by atoms with Crippen LogP contribution < -0.4 is 4.90 Å². The van der Waals surface area contributed by atoms with Gasteiger partial charge in [-0.2, -0.15) is 0 Å². The standard InChI is InChI=1S/C17H17F2NO/c1-2-20(14-7-5-6-13(18)12-14)11-10-17(21)15-8-3-4-9-16(15)19/h3-9,12H,2,10-11H2,1H3. The summed E-state index contributed by atoms with van der Waals surface area (Å²) in [4.78, 5) is 13.9. The van der Waals surface area contributed by atoms with E-state index in [1.807, 2.05) is 11.8 Å². The number of nitrogens with zero attached hydrogens (tertiary/aromatic N) is 1. The maximum atomic E-state index is 13.5. The van der Waals surface area contributed by atoms with E-state index in [2.05, 4.69) is 0 Å². The van der Waals surface area contributed by atoms with Crippen molar-refractivity contribution in [3.63, 3.8) is 0 Å². The van der Waals surface area contributed by atoms with Crippen molar-refractivity contribution in [3.05, 3.63) is 65.7 Å². The molecule has 0 aromatic heterocycles. The van der Waals surface area contributed by atoms with Crippen LogP contribution in [-0.4, -0.2) is 18.9 Å². The summed E-state index contributed by atoms with van der Waals surface area (Å²) in [6.45, 7) is 3.00. The molecule has 0 bridgehead atoms. The monoisotopic (exact) mass is 289 g/mol. The van der Waals surface area contributed by atoms with Crippen LogP contribution in [0.4, 0.5) is 14.5 Å². The van der Waals surface area contributed by atoms with Gasteiger partial charge < -0.3 is 4.90 Å². The minimum absolute atomic E-state index is 0.104. The highest BCUT2D eigenvalue weighted by atomic mass is 19.1. The van der Waals surface area contributed by atoms with Crippen molar-refractivity contribution in [3.8, 4) is 0 Å². The Labute approximate surface area is 123 Å². The Morgan fingerprint density at radius 2 is 1.86 bits per heavy atom. The third kappa shape index (κ3) is 3.88. The van der Waals surface area contributed by atoms with E-state index in [4.69, 9.17) is 0 Å². The first kappa shape index (κ1) is 15.2. The number of carbonyl (C=O) groups excluding carboxylic acids is 1. The fourth-order valence-corrected chi connectivity index (χ4v) is 2.20. The molecule has 0 unspecified atom stereocenters. The summed E-state index contributed by atoms with van der Waals surface area (Å²) in [6, 6.07) is 12.2. The molecular weight excluding hydrogens is 272 g/mol. The van der Waals surface area contributed by atoms with Gasteiger partial charge in [0, 0.05) is 25.2 Å². The van der Waals surface area contributed by atoms with Crippen LogP contribution in [0.3, 0.4) is 0 Å². The van der Waals surface area contributed by atoms with Gasteiger partial charge in [-0.25, -0.2) is 8.78 Å². The number of ketones is 1. The van der Waals surface area contributed by atoms with Gasteiger partial charge in [-0.05, 0) is 37.3 Å². The first-order valence-corrected chi connectivity index (χ1v) is 6.90. The molecule has 110 valence electrons. The lowest BCUT2D eigenvalue weighted by Gasteiger charge is -2.22. The van der Waals surface area contributed by atoms with Gasteiger partial charge in [-0.15, -0.1) is 0 Å². The predicted octanol–water partition coefficient (Wildman–Crippen LogP) is 4.06. The molecule has 0 amide bonds. The summed E-state index contributed by atoms with van der Waals surface area (Å²) in [6.07, 6.45) is 0.186. The number of benzene rings is 2. The van der Waals surface area contributed by atoms with Crippen molar-refractivity contribution in [1.29, 1.82) is 0 Å². The number of rotatable bonds is 6. The van der Waals surface area contributed by atoms with Crippen LogP contribution in [0.25, 0.3) is 0 Å². The summed E-state index contributed by atoms with van der Waals surface area (Å²) in [5, 5.41) is 0. The first-order valence-electron chi connectivity index (χ1n) is 6.90. The first-order chi connectivity index (χ1) is 10.1. The lowest BCUT2D eigenvalue weighted by Crippen LogP contribution is -2.26. The Morgan fingerprint density at radius 1 is 1.10 bits per heavy atom. The number of Topliss-reactive ketones (excluding diaryl/α,β-unsaturated/α-hetero) is 1. The van der Waals surface area contributed by atoms with Crippen molar-refractivity contribution < 1.29 is 13.6 Å². The molecule has 21 heavy (non-hydrogen) atoms. The zero-order valence-electron chi connectivity index (χ0n) is 11.9. The molecule has 0 atom stereocenters. The second kappa shape index (κ2) is 6.97. The number of hydrogen-bond donors (Lipinski definition) is 0. The van der Waals surface area contributed by atoms with E-state index in [-0.39, 0.29) is 23.6 Å². The average molecular weight is 289 g/mol. The minimum atomic E-state index is -0.503. The van der Waals surface area contributed by atoms with Crippen molar-refractivity contribution in [2.45, 2.75) is 13.3 Å². The van der Waals surface area contributed by atoms with Gasteiger partial charge in [-0.3, -0.25) is 4.79 Å². The van der Waals surface area contributed by atoms with Gasteiger partial charge in [0.15, 0.2) is 5.78 Å². The molecular formula is C17H17F2NO. The number of carbonyl (C=O) groups is 1. The van der Waals surface area contributed by atoms with Crippen molar-refractivity contribution in [2.75, 3.05) is 18.0 Å². The van der Waals surface area contributed by atoms with Gasteiger partial charge in [0.2, 0.25) is 0 Å². The molecule has 2 nitrogen and oxygen atoms in total. The maximum absolute atomic E-state index is 13.5. The Morgan fingerprint density at radius 3 is 2.52 bits per heavy atom. The smallest absolute Gasteiger partial charge is 0.167 e. The molecule has 2 aromatic carbocycles. The summed E-state index contributed by atoms with van der Waals surface area (Å²) in [5.74, 6) is -1.06. The SMILES string of the molecule is CCN(CCC(=O)c1ccccc1F)c1cccc(F)c1. The summed E-state index contributed by atoms with van der Waals surface area (Å²) < 4.78 is 26.8. The molecule has 0 saturated heterocycles. The number of halogens is 2. The van der Waals surface area contributed by atoms with Crippen LogP contribution >= 0.6 is 0 Å². The second-order valence-electron chi connectivity index (χ2n) is 4.71. The van der Waals surface area contributed by atoms with E-state index < -0.39 is 5.82 Å². The predicted molar refractivity (Wildman–Crippen MR) is 79.6 cm³/mol. The zero-order chi connectivity index (χ0) is 15.2. The van der Waals surface area contributed by atoms with Gasteiger partial charge >= 0.3 is 0 Å². The van der Waals surface area contributed by atoms with Crippen molar-refractivity contribution >= 4 is 11.5 Å². The Bertz CT molecular complexity index is 628. The molecule has 4 heteroatoms. The molecule has 0 N–H and O–H groups in total. The van der Waals surface area contributed by atoms with E-state index in [0.29, 0.717) is 13.1 Å². The van der Waals surface area contributed by atoms with Gasteiger partial charge in [0.05, 0.1) is 5.56 Å². The van der Waals surface area contributed by atoms with E-state index in [9.17, 15) is 13.6 Å². The average Bonchev–Trinajstić information content (AvgIpc) is 2.48. The van der Waals surface area contributed by atoms with Crippen molar-refractivity contribution in [2.24, 2.45) is 0 Å². The van der Waals surface area contributed by atoms with E-state index in [1.54, 1.807) is 24.3 Å². The molecule has 0 saturated carbocycles. The molecule has 2 aromatic rings. The van der Waals surface area contributed by atoms with E-state index >= 15 is 0 Å². The van der Waals surface area contributed by atoms with Crippen LogP contribution in [0.5, 0.6) is 0 Å². The molecule has 0 heterocycles. The largest absolute Gasteiger partial charge is 0.371 e. The lowest BCUT2D eigenvalue weighted by molar-refractivity contribution is 0.0981. The number of anilines is 1.